The molecule has 0 fully saturated rings. The van der Waals surface area contributed by atoms with Gasteiger partial charge in [0.15, 0.2) is 0 Å². The standard InChI is InChI=1S/C35H24S/c1-3-9-22(2)25-14-8-15-34-35(25)32-21-24(17-19-33(32)36-34)23-16-18-30-28-12-5-4-10-26(28)27-11-6-7-13-29(27)31(30)20-23/h3-21H,2H2,1H3/b9-3-. The topological polar surface area (TPSA) is 0 Å². The van der Waals surface area contributed by atoms with Gasteiger partial charge in [-0.3, -0.25) is 0 Å². The first kappa shape index (κ1) is 21.1. The third-order valence-electron chi connectivity index (χ3n) is 7.29. The first-order chi connectivity index (χ1) is 17.7. The van der Waals surface area contributed by atoms with Gasteiger partial charge in [0, 0.05) is 20.2 Å². The molecule has 0 atom stereocenters. The Morgan fingerprint density at radius 2 is 1.17 bits per heavy atom. The fourth-order valence-corrected chi connectivity index (χ4v) is 6.76. The van der Waals surface area contributed by atoms with Crippen LogP contribution in [0.15, 0.2) is 122 Å². The Bertz CT molecular complexity index is 1980. The lowest BCUT2D eigenvalue weighted by atomic mass is 9.91. The Hall–Kier alpha value is -4.20. The van der Waals surface area contributed by atoms with E-state index in [0.29, 0.717) is 0 Å². The number of thiophene rings is 1. The van der Waals surface area contributed by atoms with E-state index in [0.717, 1.165) is 5.57 Å². The number of allylic oxidation sites excluding steroid dienone is 3. The maximum atomic E-state index is 4.34. The Kier molecular flexibility index (Phi) is 4.80. The van der Waals surface area contributed by atoms with Gasteiger partial charge in [0.1, 0.15) is 0 Å². The molecular formula is C35H24S. The fraction of sp³-hybridized carbons (Fsp3) is 0.0286. The van der Waals surface area contributed by atoms with E-state index < -0.39 is 0 Å². The largest absolute Gasteiger partial charge is 0.135 e. The molecule has 0 aliphatic carbocycles. The lowest BCUT2D eigenvalue weighted by Crippen LogP contribution is -1.85. The van der Waals surface area contributed by atoms with Crippen molar-refractivity contribution in [1.29, 1.82) is 0 Å². The summed E-state index contributed by atoms with van der Waals surface area (Å²) in [6, 6.07) is 37.9. The van der Waals surface area contributed by atoms with Crippen LogP contribution in [0.3, 0.4) is 0 Å². The minimum Gasteiger partial charge on any atom is -0.135 e. The van der Waals surface area contributed by atoms with Crippen molar-refractivity contribution in [2.24, 2.45) is 0 Å². The van der Waals surface area contributed by atoms with Gasteiger partial charge in [-0.25, -0.2) is 0 Å². The van der Waals surface area contributed by atoms with E-state index in [1.807, 2.05) is 18.3 Å². The van der Waals surface area contributed by atoms with Crippen LogP contribution in [0.1, 0.15) is 12.5 Å². The summed E-state index contributed by atoms with van der Waals surface area (Å²) >= 11 is 1.86. The zero-order chi connectivity index (χ0) is 24.2. The van der Waals surface area contributed by atoms with E-state index in [1.165, 1.54) is 69.2 Å². The Morgan fingerprint density at radius 1 is 0.583 bits per heavy atom. The second-order valence-electron chi connectivity index (χ2n) is 9.37. The molecule has 0 bridgehead atoms. The van der Waals surface area contributed by atoms with Crippen molar-refractivity contribution in [1.82, 2.24) is 0 Å². The molecular weight excluding hydrogens is 452 g/mol. The molecule has 0 nitrogen and oxygen atoms in total. The van der Waals surface area contributed by atoms with Crippen LogP contribution < -0.4 is 0 Å². The molecule has 0 radical (unpaired) electrons. The highest BCUT2D eigenvalue weighted by atomic mass is 32.1. The molecule has 0 amide bonds. The van der Waals surface area contributed by atoms with Crippen molar-refractivity contribution >= 4 is 69.4 Å². The predicted octanol–water partition coefficient (Wildman–Crippen LogP) is 10.8. The van der Waals surface area contributed by atoms with Crippen LogP contribution in [-0.2, 0) is 0 Å². The summed E-state index contributed by atoms with van der Waals surface area (Å²) in [5, 5.41) is 10.5. The number of benzene rings is 6. The molecule has 36 heavy (non-hydrogen) atoms. The van der Waals surface area contributed by atoms with Crippen molar-refractivity contribution in [3.8, 4) is 11.1 Å². The van der Waals surface area contributed by atoms with E-state index in [1.54, 1.807) is 0 Å². The molecule has 7 aromatic rings. The number of hydrogen-bond donors (Lipinski definition) is 0. The second-order valence-corrected chi connectivity index (χ2v) is 10.5. The van der Waals surface area contributed by atoms with E-state index in [-0.39, 0.29) is 0 Å². The lowest BCUT2D eigenvalue weighted by molar-refractivity contribution is 1.69. The molecule has 1 heterocycles. The van der Waals surface area contributed by atoms with Gasteiger partial charge in [-0.2, -0.15) is 0 Å². The SMILES string of the molecule is C=C(/C=C\C)c1cccc2sc3ccc(-c4ccc5c6ccccc6c6ccccc6c5c4)cc3c12. The molecule has 0 spiro atoms. The predicted molar refractivity (Wildman–Crippen MR) is 161 cm³/mol. The van der Waals surface area contributed by atoms with E-state index in [2.05, 4.69) is 122 Å². The van der Waals surface area contributed by atoms with Crippen molar-refractivity contribution in [2.75, 3.05) is 0 Å². The first-order valence-corrected chi connectivity index (χ1v) is 13.2. The quantitative estimate of drug-likeness (QED) is 0.176. The van der Waals surface area contributed by atoms with Gasteiger partial charge in [-0.05, 0) is 85.8 Å². The third-order valence-corrected chi connectivity index (χ3v) is 8.42. The number of fused-ring (bicyclic) bond motifs is 9. The highest BCUT2D eigenvalue weighted by Crippen LogP contribution is 2.41. The number of rotatable bonds is 3. The molecule has 7 rings (SSSR count). The summed E-state index contributed by atoms with van der Waals surface area (Å²) < 4.78 is 2.62. The van der Waals surface area contributed by atoms with Gasteiger partial charge in [0.2, 0.25) is 0 Å². The summed E-state index contributed by atoms with van der Waals surface area (Å²) in [6.07, 6.45) is 4.16. The van der Waals surface area contributed by atoms with Crippen LogP contribution in [0.4, 0.5) is 0 Å². The first-order valence-electron chi connectivity index (χ1n) is 12.3. The maximum absolute atomic E-state index is 4.34. The monoisotopic (exact) mass is 476 g/mol. The minimum absolute atomic E-state index is 1.05. The number of hydrogen-bond acceptors (Lipinski definition) is 1. The van der Waals surface area contributed by atoms with Gasteiger partial charge >= 0.3 is 0 Å². The van der Waals surface area contributed by atoms with E-state index in [4.69, 9.17) is 0 Å². The Morgan fingerprint density at radius 3 is 1.83 bits per heavy atom. The third kappa shape index (κ3) is 3.13. The molecule has 0 aliphatic rings. The summed E-state index contributed by atoms with van der Waals surface area (Å²) in [5.74, 6) is 0. The van der Waals surface area contributed by atoms with Crippen LogP contribution in [0.25, 0.3) is 69.2 Å². The van der Waals surface area contributed by atoms with E-state index in [9.17, 15) is 0 Å². The Balaban J connectivity index is 1.50. The highest BCUT2D eigenvalue weighted by molar-refractivity contribution is 7.25. The zero-order valence-corrected chi connectivity index (χ0v) is 20.9. The van der Waals surface area contributed by atoms with Gasteiger partial charge in [0.25, 0.3) is 0 Å². The van der Waals surface area contributed by atoms with Crippen molar-refractivity contribution < 1.29 is 0 Å². The minimum atomic E-state index is 1.05. The molecule has 1 aromatic heterocycles. The van der Waals surface area contributed by atoms with Crippen LogP contribution in [0.2, 0.25) is 0 Å². The van der Waals surface area contributed by atoms with Crippen LogP contribution in [-0.4, -0.2) is 0 Å². The van der Waals surface area contributed by atoms with Crippen LogP contribution in [0.5, 0.6) is 0 Å². The molecule has 0 saturated heterocycles. The second kappa shape index (κ2) is 8.19. The molecule has 170 valence electrons. The Labute approximate surface area is 214 Å². The van der Waals surface area contributed by atoms with Crippen molar-refractivity contribution in [3.05, 3.63) is 127 Å². The van der Waals surface area contributed by atoms with Crippen molar-refractivity contribution in [2.45, 2.75) is 6.92 Å². The van der Waals surface area contributed by atoms with Crippen molar-refractivity contribution in [3.63, 3.8) is 0 Å². The van der Waals surface area contributed by atoms with E-state index >= 15 is 0 Å². The molecule has 6 aromatic carbocycles. The van der Waals surface area contributed by atoms with Gasteiger partial charge in [-0.15, -0.1) is 11.3 Å². The maximum Gasteiger partial charge on any atom is 0.0361 e. The zero-order valence-electron chi connectivity index (χ0n) is 20.1. The average molecular weight is 477 g/mol. The normalized spacial score (nSPS) is 12.0. The molecule has 1 heteroatoms. The molecule has 0 saturated carbocycles. The van der Waals surface area contributed by atoms with Crippen LogP contribution >= 0.6 is 11.3 Å². The fourth-order valence-electron chi connectivity index (χ4n) is 5.65. The van der Waals surface area contributed by atoms with Gasteiger partial charge in [-0.1, -0.05) is 97.6 Å². The summed E-state index contributed by atoms with van der Waals surface area (Å²) in [6.45, 7) is 6.38. The van der Waals surface area contributed by atoms with Gasteiger partial charge < -0.3 is 0 Å². The molecule has 0 N–H and O–H groups in total. The molecule has 0 aliphatic heterocycles. The van der Waals surface area contributed by atoms with Crippen LogP contribution in [0, 0.1) is 0 Å². The summed E-state index contributed by atoms with van der Waals surface area (Å²) in [4.78, 5) is 0. The highest BCUT2D eigenvalue weighted by Gasteiger charge is 2.13. The summed E-state index contributed by atoms with van der Waals surface area (Å²) in [5.41, 5.74) is 4.75. The summed E-state index contributed by atoms with van der Waals surface area (Å²) in [7, 11) is 0. The van der Waals surface area contributed by atoms with Gasteiger partial charge in [0.05, 0.1) is 0 Å². The molecule has 0 unspecified atom stereocenters. The average Bonchev–Trinajstić information content (AvgIpc) is 3.31. The smallest absolute Gasteiger partial charge is 0.0361 e. The lowest BCUT2D eigenvalue weighted by Gasteiger charge is -2.12.